The normalized spacial score (nSPS) is 16.2. The van der Waals surface area contributed by atoms with Crippen LogP contribution < -0.4 is 40.0 Å². The maximum absolute atomic E-state index is 12.7. The van der Waals surface area contributed by atoms with E-state index in [1.54, 1.807) is 0 Å². The van der Waals surface area contributed by atoms with Gasteiger partial charge in [-0.05, 0) is 19.0 Å². The number of rotatable bonds is 7. The van der Waals surface area contributed by atoms with Gasteiger partial charge in [-0.2, -0.15) is 4.31 Å². The Morgan fingerprint density at radius 1 is 1.28 bits per heavy atom. The summed E-state index contributed by atoms with van der Waals surface area (Å²) >= 11 is 0. The van der Waals surface area contributed by atoms with Crippen molar-refractivity contribution in [2.45, 2.75) is 25.2 Å². The van der Waals surface area contributed by atoms with Crippen LogP contribution in [0.1, 0.15) is 30.6 Å². The number of likely N-dealkylation sites (N-methyl/N-ethyl adjacent to an activating group) is 1. The minimum Gasteiger partial charge on any atom is -0.545 e. The molecule has 0 aliphatic carbocycles. The number of hydrogen-bond acceptors (Lipinski definition) is 7. The number of aromatic nitrogens is 1. The van der Waals surface area contributed by atoms with Crippen molar-refractivity contribution >= 4 is 21.8 Å². The fourth-order valence-corrected chi connectivity index (χ4v) is 3.96. The van der Waals surface area contributed by atoms with E-state index in [1.807, 2.05) is 13.8 Å². The summed E-state index contributed by atoms with van der Waals surface area (Å²) < 4.78 is 26.8. The Kier molecular flexibility index (Phi) is 8.79. The van der Waals surface area contributed by atoms with Crippen molar-refractivity contribution in [3.63, 3.8) is 0 Å². The summed E-state index contributed by atoms with van der Waals surface area (Å²) in [6, 6.07) is 1.13. The molecule has 0 spiro atoms. The quantitative estimate of drug-likeness (QED) is 0.493. The topological polar surface area (TPSA) is 106 Å². The molecule has 2 heterocycles. The molecule has 10 heteroatoms. The molecule has 0 atom stereocenters. The number of nitrogens with one attached hydrogen (secondary N) is 1. The van der Waals surface area contributed by atoms with Crippen LogP contribution in [-0.4, -0.2) is 67.8 Å². The molecule has 25 heavy (non-hydrogen) atoms. The van der Waals surface area contributed by atoms with Gasteiger partial charge in [0.1, 0.15) is 10.7 Å². The predicted molar refractivity (Wildman–Crippen MR) is 88.2 cm³/mol. The second-order valence-corrected chi connectivity index (χ2v) is 7.56. The van der Waals surface area contributed by atoms with Crippen LogP contribution in [0, 0.1) is 0 Å². The molecule has 1 saturated heterocycles. The zero-order valence-corrected chi connectivity index (χ0v) is 17.8. The van der Waals surface area contributed by atoms with E-state index in [0.29, 0.717) is 32.7 Å². The first-order valence-corrected chi connectivity index (χ1v) is 9.52. The van der Waals surface area contributed by atoms with E-state index in [1.165, 1.54) is 10.5 Å². The Morgan fingerprint density at radius 3 is 2.44 bits per heavy atom. The van der Waals surface area contributed by atoms with Crippen molar-refractivity contribution in [2.24, 2.45) is 0 Å². The number of pyridine rings is 1. The third-order valence-electron chi connectivity index (χ3n) is 4.04. The van der Waals surface area contributed by atoms with E-state index in [9.17, 15) is 18.3 Å². The van der Waals surface area contributed by atoms with Crippen molar-refractivity contribution < 1.29 is 47.9 Å². The van der Waals surface area contributed by atoms with Gasteiger partial charge in [0.2, 0.25) is 10.0 Å². The monoisotopic (exact) mass is 378 g/mol. The first-order valence-electron chi connectivity index (χ1n) is 8.08. The van der Waals surface area contributed by atoms with Crippen LogP contribution in [0.2, 0.25) is 0 Å². The third kappa shape index (κ3) is 5.38. The smallest absolute Gasteiger partial charge is 0.545 e. The molecule has 0 bridgehead atoms. The Balaban J connectivity index is 0.00000312. The zero-order chi connectivity index (χ0) is 17.7. The summed E-state index contributed by atoms with van der Waals surface area (Å²) in [7, 11) is -3.76. The molecule has 1 aliphatic heterocycles. The van der Waals surface area contributed by atoms with Gasteiger partial charge in [0.15, 0.2) is 0 Å². The van der Waals surface area contributed by atoms with Crippen molar-refractivity contribution in [1.82, 2.24) is 14.2 Å². The second kappa shape index (κ2) is 9.84. The summed E-state index contributed by atoms with van der Waals surface area (Å²) in [6.07, 6.45) is 1.99. The van der Waals surface area contributed by atoms with E-state index in [-0.39, 0.29) is 45.8 Å². The Morgan fingerprint density at radius 2 is 1.92 bits per heavy atom. The van der Waals surface area contributed by atoms with Crippen LogP contribution >= 0.6 is 0 Å². The molecule has 0 amide bonds. The molecule has 1 aromatic rings. The van der Waals surface area contributed by atoms with Crippen molar-refractivity contribution in [1.29, 1.82) is 0 Å². The van der Waals surface area contributed by atoms with Gasteiger partial charge in [0.25, 0.3) is 0 Å². The Hall–Kier alpha value is -0.710. The number of carboxylic acids is 1. The number of carbonyl (C=O) groups is 1. The molecule has 0 saturated carbocycles. The van der Waals surface area contributed by atoms with E-state index in [0.717, 1.165) is 19.0 Å². The fourth-order valence-electron chi connectivity index (χ4n) is 2.56. The number of aromatic carboxylic acids is 1. The largest absolute Gasteiger partial charge is 1.00 e. The minimum absolute atomic E-state index is 0. The van der Waals surface area contributed by atoms with Gasteiger partial charge in [-0.3, -0.25) is 0 Å². The predicted octanol–water partition coefficient (Wildman–Crippen LogP) is -3.40. The summed E-state index contributed by atoms with van der Waals surface area (Å²) in [5.41, 5.74) is -0.239. The molecule has 134 valence electrons. The standard InChI is InChI=1S/C15H24N4O4S.Na/c1-3-5-16-14-13(15(20)21)10-12(11-17-14)24(22,23)19-8-6-18(4-2)7-9-19;/h10-11H,3-9H2,1-2H3,(H,16,17)(H,20,21);/q;+1/p-1. The average molecular weight is 378 g/mol. The molecule has 0 aromatic carbocycles. The molecule has 2 rings (SSSR count). The van der Waals surface area contributed by atoms with Gasteiger partial charge >= 0.3 is 29.6 Å². The number of nitrogens with zero attached hydrogens (tertiary/aromatic N) is 3. The third-order valence-corrected chi connectivity index (χ3v) is 5.91. The van der Waals surface area contributed by atoms with Gasteiger partial charge in [-0.15, -0.1) is 0 Å². The molecule has 1 aliphatic rings. The number of sulfonamides is 1. The second-order valence-electron chi connectivity index (χ2n) is 5.62. The van der Waals surface area contributed by atoms with Crippen LogP contribution in [0.25, 0.3) is 0 Å². The number of hydrogen-bond donors (Lipinski definition) is 1. The summed E-state index contributed by atoms with van der Waals surface area (Å²) in [6.45, 7) is 7.46. The summed E-state index contributed by atoms with van der Waals surface area (Å²) in [5, 5.41) is 14.2. The molecule has 8 nitrogen and oxygen atoms in total. The van der Waals surface area contributed by atoms with Crippen LogP contribution in [0.4, 0.5) is 5.82 Å². The van der Waals surface area contributed by atoms with E-state index < -0.39 is 16.0 Å². The number of carbonyl (C=O) groups excluding carboxylic acids is 1. The van der Waals surface area contributed by atoms with Gasteiger partial charge in [-0.1, -0.05) is 13.8 Å². The van der Waals surface area contributed by atoms with Crippen molar-refractivity contribution in [3.8, 4) is 0 Å². The van der Waals surface area contributed by atoms with E-state index >= 15 is 0 Å². The molecule has 0 unspecified atom stereocenters. The summed E-state index contributed by atoms with van der Waals surface area (Å²) in [4.78, 5) is 17.3. The molecule has 1 aromatic heterocycles. The van der Waals surface area contributed by atoms with Crippen molar-refractivity contribution in [3.05, 3.63) is 17.8 Å². The van der Waals surface area contributed by atoms with Crippen LogP contribution in [0.5, 0.6) is 0 Å². The van der Waals surface area contributed by atoms with Crippen LogP contribution in [0.15, 0.2) is 17.2 Å². The fraction of sp³-hybridized carbons (Fsp3) is 0.600. The molecular weight excluding hydrogens is 355 g/mol. The number of piperazine rings is 1. The molecule has 1 N–H and O–H groups in total. The van der Waals surface area contributed by atoms with Crippen molar-refractivity contribution in [2.75, 3.05) is 44.6 Å². The maximum atomic E-state index is 12.7. The molecule has 0 radical (unpaired) electrons. The van der Waals surface area contributed by atoms with E-state index in [2.05, 4.69) is 15.2 Å². The van der Waals surface area contributed by atoms with Gasteiger partial charge in [0, 0.05) is 44.5 Å². The van der Waals surface area contributed by atoms with Crippen LogP contribution in [0.3, 0.4) is 0 Å². The Bertz CT molecular complexity index is 691. The first kappa shape index (κ1) is 22.3. The summed E-state index contributed by atoms with van der Waals surface area (Å²) in [5.74, 6) is -1.32. The number of anilines is 1. The first-order chi connectivity index (χ1) is 11.4. The minimum atomic E-state index is -3.76. The molecule has 1 fully saturated rings. The number of carboxylic acid groups (broad SMARTS) is 1. The van der Waals surface area contributed by atoms with E-state index in [4.69, 9.17) is 0 Å². The average Bonchev–Trinajstić information content (AvgIpc) is 2.59. The Labute approximate surface area is 170 Å². The SMILES string of the molecule is CCCNc1ncc(S(=O)(=O)N2CCN(CC)CC2)cc1C(=O)[O-].[Na+]. The van der Waals surface area contributed by atoms with Gasteiger partial charge in [-0.25, -0.2) is 13.4 Å². The van der Waals surface area contributed by atoms with Gasteiger partial charge < -0.3 is 20.1 Å². The molecular formula is C15H23N4NaO4S. The van der Waals surface area contributed by atoms with Crippen LogP contribution in [-0.2, 0) is 10.0 Å². The van der Waals surface area contributed by atoms with Gasteiger partial charge in [0.05, 0.1) is 5.97 Å². The maximum Gasteiger partial charge on any atom is 1.00 e. The zero-order valence-electron chi connectivity index (χ0n) is 15.0.